The first-order valence-corrected chi connectivity index (χ1v) is 11.4. The SMILES string of the molecule is CC1(C)CC(=O)C2=C(C1)N(c1ccccc1)C1=C(C(=O)CC(C)(C)C1)C2c1ccncc1. The molecule has 0 bridgehead atoms. The van der Waals surface area contributed by atoms with Crippen molar-refractivity contribution >= 4 is 17.3 Å². The van der Waals surface area contributed by atoms with Crippen molar-refractivity contribution in [2.45, 2.75) is 59.3 Å². The Morgan fingerprint density at radius 1 is 0.750 bits per heavy atom. The number of anilines is 1. The number of pyridine rings is 1. The third-order valence-electron chi connectivity index (χ3n) is 6.96. The zero-order chi connectivity index (χ0) is 22.7. The summed E-state index contributed by atoms with van der Waals surface area (Å²) in [5.74, 6) is 0.00140. The van der Waals surface area contributed by atoms with Crippen molar-refractivity contribution in [2.24, 2.45) is 10.8 Å². The molecule has 0 saturated carbocycles. The van der Waals surface area contributed by atoms with Crippen molar-refractivity contribution in [1.29, 1.82) is 0 Å². The third-order valence-corrected chi connectivity index (χ3v) is 6.96. The lowest BCUT2D eigenvalue weighted by molar-refractivity contribution is -0.119. The summed E-state index contributed by atoms with van der Waals surface area (Å²) in [4.78, 5) is 33.8. The predicted octanol–water partition coefficient (Wildman–Crippen LogP) is 5.97. The van der Waals surface area contributed by atoms with Crippen LogP contribution in [-0.4, -0.2) is 16.6 Å². The fourth-order valence-corrected chi connectivity index (χ4v) is 5.74. The number of Topliss-reactive ketones (excluding diaryl/α,β-unsaturated/α-hetero) is 2. The monoisotopic (exact) mass is 426 g/mol. The van der Waals surface area contributed by atoms with Gasteiger partial charge in [0.15, 0.2) is 11.6 Å². The van der Waals surface area contributed by atoms with Crippen LogP contribution in [0.4, 0.5) is 5.69 Å². The molecule has 0 fully saturated rings. The van der Waals surface area contributed by atoms with Gasteiger partial charge in [0.25, 0.3) is 0 Å². The molecule has 164 valence electrons. The van der Waals surface area contributed by atoms with Crippen molar-refractivity contribution < 1.29 is 9.59 Å². The van der Waals surface area contributed by atoms with Crippen LogP contribution in [-0.2, 0) is 9.59 Å². The number of para-hydroxylation sites is 1. The largest absolute Gasteiger partial charge is 0.317 e. The standard InChI is InChI=1S/C28H30N2O2/c1-27(2)14-20-25(22(31)16-27)24(18-10-12-29-13-11-18)26-21(15-28(3,4)17-23(26)32)30(20)19-8-6-5-7-9-19/h5-13,24H,14-17H2,1-4H3. The number of benzene rings is 1. The molecule has 0 spiro atoms. The third kappa shape index (κ3) is 3.42. The van der Waals surface area contributed by atoms with Gasteiger partial charge >= 0.3 is 0 Å². The molecule has 1 aromatic carbocycles. The minimum Gasteiger partial charge on any atom is -0.317 e. The highest BCUT2D eigenvalue weighted by molar-refractivity contribution is 6.08. The van der Waals surface area contributed by atoms with Crippen LogP contribution in [0, 0.1) is 10.8 Å². The average molecular weight is 427 g/mol. The first kappa shape index (κ1) is 20.9. The van der Waals surface area contributed by atoms with Crippen molar-refractivity contribution in [1.82, 2.24) is 4.98 Å². The molecular weight excluding hydrogens is 396 g/mol. The highest BCUT2D eigenvalue weighted by atomic mass is 16.1. The van der Waals surface area contributed by atoms with Crippen molar-refractivity contribution in [3.05, 3.63) is 83.0 Å². The van der Waals surface area contributed by atoms with E-state index in [1.165, 1.54) is 0 Å². The van der Waals surface area contributed by atoms with Gasteiger partial charge in [0.05, 0.1) is 0 Å². The van der Waals surface area contributed by atoms with Crippen LogP contribution in [0.25, 0.3) is 0 Å². The number of aromatic nitrogens is 1. The Morgan fingerprint density at radius 3 is 1.75 bits per heavy atom. The topological polar surface area (TPSA) is 50.3 Å². The van der Waals surface area contributed by atoms with E-state index >= 15 is 0 Å². The molecule has 0 atom stereocenters. The van der Waals surface area contributed by atoms with E-state index in [1.54, 1.807) is 12.4 Å². The van der Waals surface area contributed by atoms with E-state index in [-0.39, 0.29) is 28.3 Å². The Hall–Kier alpha value is -3.01. The van der Waals surface area contributed by atoms with Crippen LogP contribution in [0.1, 0.15) is 64.9 Å². The number of hydrogen-bond donors (Lipinski definition) is 0. The zero-order valence-corrected chi connectivity index (χ0v) is 19.3. The second kappa shape index (κ2) is 7.26. The van der Waals surface area contributed by atoms with Crippen LogP contribution in [0.2, 0.25) is 0 Å². The van der Waals surface area contributed by atoms with E-state index in [2.05, 4.69) is 49.7 Å². The van der Waals surface area contributed by atoms with Crippen LogP contribution in [0.15, 0.2) is 77.4 Å². The minimum absolute atomic E-state index is 0.127. The maximum Gasteiger partial charge on any atom is 0.162 e. The maximum atomic E-state index is 13.7. The molecule has 4 heteroatoms. The number of rotatable bonds is 2. The van der Waals surface area contributed by atoms with Crippen LogP contribution in [0.3, 0.4) is 0 Å². The molecule has 3 aliphatic rings. The van der Waals surface area contributed by atoms with Crippen LogP contribution < -0.4 is 4.90 Å². The van der Waals surface area contributed by atoms with E-state index in [1.807, 2.05) is 30.3 Å². The van der Waals surface area contributed by atoms with Gasteiger partial charge in [-0.1, -0.05) is 45.9 Å². The normalized spacial score (nSPS) is 22.7. The Bertz CT molecular complexity index is 1100. The molecule has 4 nitrogen and oxygen atoms in total. The number of ketones is 2. The molecule has 1 aromatic heterocycles. The Morgan fingerprint density at radius 2 is 1.25 bits per heavy atom. The lowest BCUT2D eigenvalue weighted by Crippen LogP contribution is -2.44. The highest BCUT2D eigenvalue weighted by Gasteiger charge is 2.49. The number of nitrogens with zero attached hydrogens (tertiary/aromatic N) is 2. The summed E-state index contributed by atoms with van der Waals surface area (Å²) in [5, 5.41) is 0. The van der Waals surface area contributed by atoms with Gasteiger partial charge in [-0.15, -0.1) is 0 Å². The number of hydrogen-bond acceptors (Lipinski definition) is 4. The quantitative estimate of drug-likeness (QED) is 0.593. The molecule has 2 aliphatic carbocycles. The maximum absolute atomic E-state index is 13.7. The Balaban J connectivity index is 1.83. The second-order valence-corrected chi connectivity index (χ2v) is 11.0. The summed E-state index contributed by atoms with van der Waals surface area (Å²) in [7, 11) is 0. The number of carbonyl (C=O) groups excluding carboxylic acids is 2. The second-order valence-electron chi connectivity index (χ2n) is 11.0. The summed E-state index contributed by atoms with van der Waals surface area (Å²) in [6.07, 6.45) is 6.12. The fraction of sp³-hybridized carbons (Fsp3) is 0.393. The predicted molar refractivity (Wildman–Crippen MR) is 126 cm³/mol. The van der Waals surface area contributed by atoms with E-state index in [9.17, 15) is 9.59 Å². The molecule has 5 rings (SSSR count). The van der Waals surface area contributed by atoms with Crippen molar-refractivity contribution in [3.8, 4) is 0 Å². The van der Waals surface area contributed by atoms with Gasteiger partial charge < -0.3 is 4.90 Å². The van der Waals surface area contributed by atoms with Crippen molar-refractivity contribution in [3.63, 3.8) is 0 Å². The van der Waals surface area contributed by atoms with Crippen LogP contribution >= 0.6 is 0 Å². The zero-order valence-electron chi connectivity index (χ0n) is 19.3. The van der Waals surface area contributed by atoms with E-state index in [0.29, 0.717) is 12.8 Å². The minimum atomic E-state index is -0.310. The Labute approximate surface area is 190 Å². The summed E-state index contributed by atoms with van der Waals surface area (Å²) in [6.45, 7) is 8.66. The van der Waals surface area contributed by atoms with E-state index in [4.69, 9.17) is 0 Å². The molecule has 0 N–H and O–H groups in total. The smallest absolute Gasteiger partial charge is 0.162 e. The molecule has 0 amide bonds. The van der Waals surface area contributed by atoms with Crippen molar-refractivity contribution in [2.75, 3.05) is 4.90 Å². The summed E-state index contributed by atoms with van der Waals surface area (Å²) >= 11 is 0. The van der Waals surface area contributed by atoms with Gasteiger partial charge in [-0.25, -0.2) is 0 Å². The molecule has 0 saturated heterocycles. The fourth-order valence-electron chi connectivity index (χ4n) is 5.74. The molecule has 2 heterocycles. The summed E-state index contributed by atoms with van der Waals surface area (Å²) in [6, 6.07) is 14.1. The number of carbonyl (C=O) groups is 2. The number of allylic oxidation sites excluding steroid dienone is 4. The van der Waals surface area contributed by atoms with E-state index < -0.39 is 0 Å². The van der Waals surface area contributed by atoms with Gasteiger partial charge in [-0.05, 0) is 53.5 Å². The highest BCUT2D eigenvalue weighted by Crippen LogP contribution is 2.55. The van der Waals surface area contributed by atoms with Gasteiger partial charge in [-0.3, -0.25) is 14.6 Å². The summed E-state index contributed by atoms with van der Waals surface area (Å²) in [5.41, 5.74) is 5.46. The molecule has 2 aromatic rings. The average Bonchev–Trinajstić information content (AvgIpc) is 2.72. The molecular formula is C28H30N2O2. The first-order valence-electron chi connectivity index (χ1n) is 11.4. The van der Waals surface area contributed by atoms with Gasteiger partial charge in [0, 0.05) is 59.4 Å². The Kier molecular flexibility index (Phi) is 4.74. The summed E-state index contributed by atoms with van der Waals surface area (Å²) < 4.78 is 0. The van der Waals surface area contributed by atoms with Crippen LogP contribution in [0.5, 0.6) is 0 Å². The van der Waals surface area contributed by atoms with E-state index in [0.717, 1.165) is 46.6 Å². The lowest BCUT2D eigenvalue weighted by Gasteiger charge is -2.49. The lowest BCUT2D eigenvalue weighted by atomic mass is 9.63. The van der Waals surface area contributed by atoms with Gasteiger partial charge in [0.2, 0.25) is 0 Å². The molecule has 1 aliphatic heterocycles. The molecule has 32 heavy (non-hydrogen) atoms. The van der Waals surface area contributed by atoms with Gasteiger partial charge in [0.1, 0.15) is 0 Å². The first-order chi connectivity index (χ1) is 15.2. The molecule has 0 unspecified atom stereocenters. The van der Waals surface area contributed by atoms with Gasteiger partial charge in [-0.2, -0.15) is 0 Å². The molecule has 0 radical (unpaired) electrons.